The highest BCUT2D eigenvalue weighted by atomic mass is 35.5. The minimum atomic E-state index is -0.258. The summed E-state index contributed by atoms with van der Waals surface area (Å²) in [7, 11) is 0. The van der Waals surface area contributed by atoms with Gasteiger partial charge in [-0.05, 0) is 62.2 Å². The molecule has 0 spiro atoms. The maximum Gasteiger partial charge on any atom is 0.256 e. The molecule has 1 unspecified atom stereocenters. The Bertz CT molecular complexity index is 737. The summed E-state index contributed by atoms with van der Waals surface area (Å²) < 4.78 is 0. The van der Waals surface area contributed by atoms with Crippen molar-refractivity contribution in [3.8, 4) is 0 Å². The van der Waals surface area contributed by atoms with Gasteiger partial charge in [0.1, 0.15) is 5.82 Å². The molecule has 2 aromatic rings. The van der Waals surface area contributed by atoms with Gasteiger partial charge in [-0.2, -0.15) is 0 Å². The molecule has 3 rings (SSSR count). The Morgan fingerprint density at radius 1 is 1.11 bits per heavy atom. The average Bonchev–Trinajstić information content (AvgIpc) is 3.15. The number of benzene rings is 1. The Balaban J connectivity index is 0.00000182. The molecule has 1 saturated heterocycles. The number of halogens is 2. The fraction of sp³-hybridized carbons (Fsp3) is 0.316. The van der Waals surface area contributed by atoms with E-state index in [1.54, 1.807) is 48.7 Å². The zero-order valence-electron chi connectivity index (χ0n) is 14.8. The number of anilines is 2. The second-order valence-corrected chi connectivity index (χ2v) is 6.20. The highest BCUT2D eigenvalue weighted by molar-refractivity contribution is 6.04. The van der Waals surface area contributed by atoms with E-state index in [1.807, 2.05) is 0 Å². The first-order valence-corrected chi connectivity index (χ1v) is 8.54. The van der Waals surface area contributed by atoms with Gasteiger partial charge >= 0.3 is 0 Å². The van der Waals surface area contributed by atoms with Gasteiger partial charge in [-0.25, -0.2) is 4.98 Å². The van der Waals surface area contributed by atoms with Crippen molar-refractivity contribution in [2.45, 2.75) is 19.3 Å². The zero-order chi connectivity index (χ0) is 17.5. The molecule has 6 nitrogen and oxygen atoms in total. The van der Waals surface area contributed by atoms with Crippen LogP contribution >= 0.6 is 24.8 Å². The summed E-state index contributed by atoms with van der Waals surface area (Å²) in [5.74, 6) is 0.800. The molecule has 27 heavy (non-hydrogen) atoms. The minimum absolute atomic E-state index is 0. The topological polar surface area (TPSA) is 83.1 Å². The second kappa shape index (κ2) is 11.5. The summed E-state index contributed by atoms with van der Waals surface area (Å²) in [5, 5.41) is 8.91. The fourth-order valence-corrected chi connectivity index (χ4v) is 2.88. The number of nitrogens with one attached hydrogen (secondary N) is 3. The number of hydrogen-bond acceptors (Lipinski definition) is 4. The smallest absolute Gasteiger partial charge is 0.256 e. The number of carbonyl (C=O) groups excluding carboxylic acids is 2. The number of pyridine rings is 1. The molecule has 0 radical (unpaired) electrons. The molecule has 0 aliphatic carbocycles. The summed E-state index contributed by atoms with van der Waals surface area (Å²) in [6, 6.07) is 12.2. The van der Waals surface area contributed by atoms with Gasteiger partial charge in [0.05, 0.1) is 0 Å². The van der Waals surface area contributed by atoms with Crippen LogP contribution in [0, 0.1) is 5.92 Å². The van der Waals surface area contributed by atoms with Crippen molar-refractivity contribution >= 4 is 48.1 Å². The van der Waals surface area contributed by atoms with E-state index in [2.05, 4.69) is 20.9 Å². The molecule has 3 N–H and O–H groups in total. The van der Waals surface area contributed by atoms with Gasteiger partial charge in [0.25, 0.3) is 5.91 Å². The molecule has 0 saturated carbocycles. The van der Waals surface area contributed by atoms with Crippen LogP contribution in [0.3, 0.4) is 0 Å². The van der Waals surface area contributed by atoms with Gasteiger partial charge in [0, 0.05) is 23.9 Å². The summed E-state index contributed by atoms with van der Waals surface area (Å²) in [4.78, 5) is 28.5. The van der Waals surface area contributed by atoms with Gasteiger partial charge in [-0.15, -0.1) is 24.8 Å². The lowest BCUT2D eigenvalue weighted by Crippen LogP contribution is -2.16. The predicted octanol–water partition coefficient (Wildman–Crippen LogP) is 3.51. The van der Waals surface area contributed by atoms with Crippen LogP contribution in [0.5, 0.6) is 0 Å². The summed E-state index contributed by atoms with van der Waals surface area (Å²) in [5.41, 5.74) is 1.10. The van der Waals surface area contributed by atoms with E-state index in [-0.39, 0.29) is 36.6 Å². The van der Waals surface area contributed by atoms with Crippen molar-refractivity contribution in [3.63, 3.8) is 0 Å². The van der Waals surface area contributed by atoms with Gasteiger partial charge < -0.3 is 16.0 Å². The predicted molar refractivity (Wildman–Crippen MR) is 112 cm³/mol. The number of rotatable bonds is 6. The zero-order valence-corrected chi connectivity index (χ0v) is 16.4. The Labute approximate surface area is 171 Å². The molecule has 2 heterocycles. The van der Waals surface area contributed by atoms with Gasteiger partial charge in [-0.1, -0.05) is 12.1 Å². The standard InChI is InChI=1S/C19H22N4O2.2ClH/c24-18(8-7-14-9-11-20-13-14)22-16-5-3-4-15(12-16)19(25)23-17-6-1-2-10-21-17;;/h1-6,10,12,14,20H,7-9,11,13H2,(H,22,24)(H,21,23,25);2*1H. The van der Waals surface area contributed by atoms with E-state index in [4.69, 9.17) is 0 Å². The van der Waals surface area contributed by atoms with Crippen molar-refractivity contribution in [3.05, 3.63) is 54.2 Å². The first-order valence-electron chi connectivity index (χ1n) is 8.54. The largest absolute Gasteiger partial charge is 0.326 e. The molecule has 1 aliphatic heterocycles. The van der Waals surface area contributed by atoms with Crippen molar-refractivity contribution < 1.29 is 9.59 Å². The molecule has 1 atom stereocenters. The van der Waals surface area contributed by atoms with Gasteiger partial charge in [0.15, 0.2) is 0 Å². The summed E-state index contributed by atoms with van der Waals surface area (Å²) in [6.07, 6.45) is 4.14. The molecule has 0 bridgehead atoms. The van der Waals surface area contributed by atoms with Crippen LogP contribution in [0.25, 0.3) is 0 Å². The molecule has 1 aliphatic rings. The SMILES string of the molecule is Cl.Cl.O=C(CCC1CCNC1)Nc1cccc(C(=O)Nc2ccccn2)c1. The van der Waals surface area contributed by atoms with E-state index >= 15 is 0 Å². The first-order chi connectivity index (χ1) is 12.2. The van der Waals surface area contributed by atoms with E-state index in [0.29, 0.717) is 29.4 Å². The van der Waals surface area contributed by atoms with Crippen LogP contribution in [0.1, 0.15) is 29.6 Å². The number of hydrogen-bond donors (Lipinski definition) is 3. The van der Waals surface area contributed by atoms with Gasteiger partial charge in [-0.3, -0.25) is 9.59 Å². The number of carbonyl (C=O) groups is 2. The van der Waals surface area contributed by atoms with Crippen LogP contribution in [0.2, 0.25) is 0 Å². The first kappa shape index (κ1) is 22.9. The number of amides is 2. The Morgan fingerprint density at radius 2 is 1.96 bits per heavy atom. The van der Waals surface area contributed by atoms with Crippen molar-refractivity contribution in [1.29, 1.82) is 0 Å². The maximum atomic E-state index is 12.3. The lowest BCUT2D eigenvalue weighted by Gasteiger charge is -2.10. The third kappa shape index (κ3) is 7.17. The molecular weight excluding hydrogens is 387 g/mol. The highest BCUT2D eigenvalue weighted by Crippen LogP contribution is 2.16. The van der Waals surface area contributed by atoms with Crippen LogP contribution in [0.4, 0.5) is 11.5 Å². The molecule has 1 aromatic heterocycles. The van der Waals surface area contributed by atoms with Crippen LogP contribution in [-0.2, 0) is 4.79 Å². The monoisotopic (exact) mass is 410 g/mol. The van der Waals surface area contributed by atoms with E-state index in [1.165, 1.54) is 0 Å². The molecule has 2 amide bonds. The third-order valence-corrected chi connectivity index (χ3v) is 4.26. The Hall–Kier alpha value is -2.15. The number of nitrogens with zero attached hydrogens (tertiary/aromatic N) is 1. The van der Waals surface area contributed by atoms with Crippen LogP contribution in [-0.4, -0.2) is 29.9 Å². The second-order valence-electron chi connectivity index (χ2n) is 6.20. The molecule has 1 aromatic carbocycles. The van der Waals surface area contributed by atoms with Crippen LogP contribution in [0.15, 0.2) is 48.7 Å². The molecule has 1 fully saturated rings. The minimum Gasteiger partial charge on any atom is -0.326 e. The Kier molecular flexibility index (Phi) is 9.78. The van der Waals surface area contributed by atoms with E-state index in [9.17, 15) is 9.59 Å². The highest BCUT2D eigenvalue weighted by Gasteiger charge is 2.16. The van der Waals surface area contributed by atoms with Gasteiger partial charge in [0.2, 0.25) is 5.91 Å². The van der Waals surface area contributed by atoms with E-state index in [0.717, 1.165) is 25.9 Å². The average molecular weight is 411 g/mol. The normalized spacial score (nSPS) is 15.2. The molecular formula is C19H24Cl2N4O2. The van der Waals surface area contributed by atoms with E-state index < -0.39 is 0 Å². The fourth-order valence-electron chi connectivity index (χ4n) is 2.88. The van der Waals surface area contributed by atoms with Crippen molar-refractivity contribution in [2.24, 2.45) is 5.92 Å². The lowest BCUT2D eigenvalue weighted by atomic mass is 10.0. The summed E-state index contributed by atoms with van der Waals surface area (Å²) >= 11 is 0. The quantitative estimate of drug-likeness (QED) is 0.680. The van der Waals surface area contributed by atoms with Crippen LogP contribution < -0.4 is 16.0 Å². The number of aromatic nitrogens is 1. The van der Waals surface area contributed by atoms with Crippen molar-refractivity contribution in [1.82, 2.24) is 10.3 Å². The lowest BCUT2D eigenvalue weighted by molar-refractivity contribution is -0.116. The Morgan fingerprint density at radius 3 is 2.67 bits per heavy atom. The van der Waals surface area contributed by atoms with Crippen molar-refractivity contribution in [2.75, 3.05) is 23.7 Å². The maximum absolute atomic E-state index is 12.3. The molecule has 8 heteroatoms. The molecule has 146 valence electrons. The third-order valence-electron chi connectivity index (χ3n) is 4.26. The summed E-state index contributed by atoms with van der Waals surface area (Å²) in [6.45, 7) is 2.04.